The van der Waals surface area contributed by atoms with Crippen LogP contribution in [0.15, 0.2) is 79.3 Å². The molecule has 188 valence electrons. The quantitative estimate of drug-likeness (QED) is 0.332. The second-order valence-corrected chi connectivity index (χ2v) is 9.16. The molecule has 2 aromatic carbocycles. The number of nitrogens with two attached hydrogens (primary N) is 1. The second-order valence-electron chi connectivity index (χ2n) is 9.16. The Balaban J connectivity index is 1.24. The van der Waals surface area contributed by atoms with Gasteiger partial charge in [-0.2, -0.15) is 0 Å². The van der Waals surface area contributed by atoms with Crippen molar-refractivity contribution in [3.8, 4) is 11.3 Å². The topological polar surface area (TPSA) is 112 Å². The fraction of sp³-hybridized carbons (Fsp3) is 0.214. The Bertz CT molecular complexity index is 1350. The van der Waals surface area contributed by atoms with Crippen molar-refractivity contribution in [3.05, 3.63) is 90.4 Å². The maximum absolute atomic E-state index is 12.9. The molecule has 0 radical (unpaired) electrons. The van der Waals surface area contributed by atoms with Gasteiger partial charge < -0.3 is 21.3 Å². The number of carbonyl (C=O) groups excluding carboxylic acids is 1. The van der Waals surface area contributed by atoms with E-state index in [0.29, 0.717) is 28.6 Å². The summed E-state index contributed by atoms with van der Waals surface area (Å²) in [7, 11) is 2.15. The SMILES string of the molecule is CN1CCN(Cc2ccc(C(=O)Nc3ccc(N)c(Nc4nccc(-c5cccnc5)n4)c3)cc2)CC1. The van der Waals surface area contributed by atoms with Crippen LogP contribution < -0.4 is 16.4 Å². The van der Waals surface area contributed by atoms with Crippen LogP contribution in [0.1, 0.15) is 15.9 Å². The fourth-order valence-electron chi connectivity index (χ4n) is 4.19. The van der Waals surface area contributed by atoms with Gasteiger partial charge in [-0.05, 0) is 61.1 Å². The third-order valence-electron chi connectivity index (χ3n) is 6.39. The number of aromatic nitrogens is 3. The number of anilines is 4. The van der Waals surface area contributed by atoms with E-state index in [2.05, 4.69) is 42.4 Å². The molecule has 0 saturated carbocycles. The van der Waals surface area contributed by atoms with Gasteiger partial charge in [0.05, 0.1) is 17.1 Å². The van der Waals surface area contributed by atoms with E-state index in [9.17, 15) is 4.79 Å². The Morgan fingerprint density at radius 1 is 1.00 bits per heavy atom. The van der Waals surface area contributed by atoms with E-state index in [1.165, 1.54) is 5.56 Å². The Morgan fingerprint density at radius 3 is 2.57 bits per heavy atom. The van der Waals surface area contributed by atoms with Crippen molar-refractivity contribution in [1.29, 1.82) is 0 Å². The molecule has 1 aliphatic heterocycles. The van der Waals surface area contributed by atoms with Crippen molar-refractivity contribution in [2.24, 2.45) is 0 Å². The van der Waals surface area contributed by atoms with Crippen LogP contribution in [-0.2, 0) is 6.54 Å². The third-order valence-corrected chi connectivity index (χ3v) is 6.39. The molecule has 0 aliphatic carbocycles. The van der Waals surface area contributed by atoms with Gasteiger partial charge in [-0.25, -0.2) is 9.97 Å². The molecule has 2 aromatic heterocycles. The van der Waals surface area contributed by atoms with E-state index in [1.54, 1.807) is 36.8 Å². The molecule has 0 spiro atoms. The molecule has 1 fully saturated rings. The highest BCUT2D eigenvalue weighted by Gasteiger charge is 2.14. The molecule has 9 nitrogen and oxygen atoms in total. The van der Waals surface area contributed by atoms with Gasteiger partial charge in [-0.1, -0.05) is 12.1 Å². The number of amides is 1. The third kappa shape index (κ3) is 6.27. The molecule has 5 rings (SSSR count). The molecule has 3 heterocycles. The van der Waals surface area contributed by atoms with Crippen molar-refractivity contribution in [1.82, 2.24) is 24.8 Å². The van der Waals surface area contributed by atoms with E-state index in [0.717, 1.165) is 44.0 Å². The molecule has 9 heteroatoms. The van der Waals surface area contributed by atoms with Crippen molar-refractivity contribution >= 4 is 28.9 Å². The minimum Gasteiger partial charge on any atom is -0.397 e. The lowest BCUT2D eigenvalue weighted by Crippen LogP contribution is -2.43. The minimum atomic E-state index is -0.184. The summed E-state index contributed by atoms with van der Waals surface area (Å²) in [5.74, 6) is 0.212. The molecule has 4 aromatic rings. The van der Waals surface area contributed by atoms with Crippen molar-refractivity contribution in [3.63, 3.8) is 0 Å². The zero-order valence-electron chi connectivity index (χ0n) is 20.8. The van der Waals surface area contributed by atoms with E-state index in [4.69, 9.17) is 5.73 Å². The molecular weight excluding hydrogens is 464 g/mol. The number of nitrogens with one attached hydrogen (secondary N) is 2. The lowest BCUT2D eigenvalue weighted by Gasteiger charge is -2.32. The maximum Gasteiger partial charge on any atom is 0.255 e. The van der Waals surface area contributed by atoms with E-state index in [1.807, 2.05) is 42.5 Å². The first-order chi connectivity index (χ1) is 18.0. The van der Waals surface area contributed by atoms with Crippen molar-refractivity contribution < 1.29 is 4.79 Å². The highest BCUT2D eigenvalue weighted by atomic mass is 16.1. The van der Waals surface area contributed by atoms with Crippen LogP contribution in [0.2, 0.25) is 0 Å². The lowest BCUT2D eigenvalue weighted by atomic mass is 10.1. The van der Waals surface area contributed by atoms with Crippen LogP contribution in [-0.4, -0.2) is 63.9 Å². The lowest BCUT2D eigenvalue weighted by molar-refractivity contribution is 0.102. The fourth-order valence-corrected chi connectivity index (χ4v) is 4.19. The largest absolute Gasteiger partial charge is 0.397 e. The number of nitrogen functional groups attached to an aromatic ring is 1. The predicted molar refractivity (Wildman–Crippen MR) is 147 cm³/mol. The van der Waals surface area contributed by atoms with Gasteiger partial charge in [0.2, 0.25) is 5.95 Å². The smallest absolute Gasteiger partial charge is 0.255 e. The molecule has 1 aliphatic rings. The summed E-state index contributed by atoms with van der Waals surface area (Å²) < 4.78 is 0. The van der Waals surface area contributed by atoms with Gasteiger partial charge >= 0.3 is 0 Å². The minimum absolute atomic E-state index is 0.184. The average molecular weight is 495 g/mol. The van der Waals surface area contributed by atoms with Crippen LogP contribution in [0.4, 0.5) is 23.0 Å². The highest BCUT2D eigenvalue weighted by Crippen LogP contribution is 2.26. The molecule has 37 heavy (non-hydrogen) atoms. The number of carbonyl (C=O) groups is 1. The molecule has 0 atom stereocenters. The summed E-state index contributed by atoms with van der Waals surface area (Å²) in [6, 6.07) is 18.7. The van der Waals surface area contributed by atoms with E-state index in [-0.39, 0.29) is 5.91 Å². The van der Waals surface area contributed by atoms with Crippen LogP contribution >= 0.6 is 0 Å². The number of piperazine rings is 1. The van der Waals surface area contributed by atoms with Gasteiger partial charge in [0.1, 0.15) is 0 Å². The van der Waals surface area contributed by atoms with Gasteiger partial charge in [0, 0.05) is 68.1 Å². The number of likely N-dealkylation sites (N-methyl/N-ethyl adjacent to an activating group) is 1. The van der Waals surface area contributed by atoms with Gasteiger partial charge in [-0.15, -0.1) is 0 Å². The van der Waals surface area contributed by atoms with E-state index < -0.39 is 0 Å². The monoisotopic (exact) mass is 494 g/mol. The molecule has 0 unspecified atom stereocenters. The van der Waals surface area contributed by atoms with Crippen LogP contribution in [0.5, 0.6) is 0 Å². The first-order valence-electron chi connectivity index (χ1n) is 12.2. The molecule has 1 saturated heterocycles. The number of pyridine rings is 1. The number of rotatable bonds is 7. The Morgan fingerprint density at radius 2 is 1.81 bits per heavy atom. The molecular formula is C28H30N8O. The van der Waals surface area contributed by atoms with Crippen molar-refractivity contribution in [2.75, 3.05) is 49.6 Å². The zero-order valence-corrected chi connectivity index (χ0v) is 20.8. The van der Waals surface area contributed by atoms with Gasteiger partial charge in [0.25, 0.3) is 5.91 Å². The van der Waals surface area contributed by atoms with Gasteiger partial charge in [0.15, 0.2) is 0 Å². The standard InChI is InChI=1S/C28H30N8O/c1-35-13-15-36(16-14-35)19-20-4-6-21(7-5-20)27(37)32-23-8-9-24(29)26(17-23)34-28-31-12-10-25(33-28)22-3-2-11-30-18-22/h2-12,17-18H,13-16,19,29H2,1H3,(H,32,37)(H,31,33,34). The average Bonchev–Trinajstić information content (AvgIpc) is 2.93. The van der Waals surface area contributed by atoms with E-state index >= 15 is 0 Å². The molecule has 0 bridgehead atoms. The zero-order chi connectivity index (χ0) is 25.6. The van der Waals surface area contributed by atoms with Crippen LogP contribution in [0.3, 0.4) is 0 Å². The normalized spacial score (nSPS) is 14.3. The molecule has 4 N–H and O–H groups in total. The highest BCUT2D eigenvalue weighted by molar-refractivity contribution is 6.04. The Kier molecular flexibility index (Phi) is 7.34. The first kappa shape index (κ1) is 24.4. The van der Waals surface area contributed by atoms with Crippen LogP contribution in [0.25, 0.3) is 11.3 Å². The summed E-state index contributed by atoms with van der Waals surface area (Å²) in [4.78, 5) is 30.7. The number of hydrogen-bond donors (Lipinski definition) is 3. The number of nitrogens with zero attached hydrogens (tertiary/aromatic N) is 5. The first-order valence-corrected chi connectivity index (χ1v) is 12.2. The summed E-state index contributed by atoms with van der Waals surface area (Å²) in [5.41, 5.74) is 11.3. The Labute approximate surface area is 216 Å². The summed E-state index contributed by atoms with van der Waals surface area (Å²) in [5, 5.41) is 6.11. The van der Waals surface area contributed by atoms with Crippen molar-refractivity contribution in [2.45, 2.75) is 6.54 Å². The second kappa shape index (κ2) is 11.2. The number of hydrogen-bond acceptors (Lipinski definition) is 8. The van der Waals surface area contributed by atoms with Gasteiger partial charge in [-0.3, -0.25) is 14.7 Å². The maximum atomic E-state index is 12.9. The summed E-state index contributed by atoms with van der Waals surface area (Å²) in [6.45, 7) is 5.19. The molecule has 1 amide bonds. The van der Waals surface area contributed by atoms with Crippen LogP contribution in [0, 0.1) is 0 Å². The summed E-state index contributed by atoms with van der Waals surface area (Å²) >= 11 is 0. The Hall–Kier alpha value is -4.34. The predicted octanol–water partition coefficient (Wildman–Crippen LogP) is 3.86. The number of benzene rings is 2. The summed E-state index contributed by atoms with van der Waals surface area (Å²) in [6.07, 6.45) is 5.13.